The molecule has 0 aromatic rings. The van der Waals surface area contributed by atoms with E-state index in [1.807, 2.05) is 0 Å². The molecule has 0 unspecified atom stereocenters. The van der Waals surface area contributed by atoms with Crippen LogP contribution in [0.15, 0.2) is 0 Å². The predicted molar refractivity (Wildman–Crippen MR) is 37.3 cm³/mol. The number of halogens is 5. The lowest BCUT2D eigenvalue weighted by Gasteiger charge is -1.68. The summed E-state index contributed by atoms with van der Waals surface area (Å²) in [7, 11) is 0. The molecule has 0 aromatic heterocycles. The average Bonchev–Trinajstić information content (AvgIpc) is 1.33. The molecule has 0 spiro atoms. The lowest BCUT2D eigenvalue weighted by molar-refractivity contribution is 0.697. The molecule has 0 radical (unpaired) electrons. The molecular formula is Cl5OP. The van der Waals surface area contributed by atoms with Crippen molar-refractivity contribution in [2.24, 2.45) is 0 Å². The summed E-state index contributed by atoms with van der Waals surface area (Å²) < 4.78 is 3.19. The molecule has 0 N–H and O–H groups in total. The number of hydrogen-bond acceptors (Lipinski definition) is 1. The lowest BCUT2D eigenvalue weighted by Crippen LogP contribution is -1.15. The van der Waals surface area contributed by atoms with Crippen molar-refractivity contribution in [2.45, 2.75) is 0 Å². The second-order valence-electron chi connectivity index (χ2n) is 0.250. The minimum absolute atomic E-state index is 1.20. The molecule has 7 heavy (non-hydrogen) atoms. The number of hydrogen-bond donors (Lipinski definition) is 0. The van der Waals surface area contributed by atoms with Crippen LogP contribution in [0.1, 0.15) is 0 Å². The van der Waals surface area contributed by atoms with Crippen LogP contribution in [0.5, 0.6) is 0 Å². The largest absolute Gasteiger partial charge is 0.179 e. The van der Waals surface area contributed by atoms with Gasteiger partial charge in [-0.25, -0.2) is 0 Å². The van der Waals surface area contributed by atoms with E-state index < -0.39 is 5.98 Å². The van der Waals surface area contributed by atoms with Crippen molar-refractivity contribution in [3.8, 4) is 0 Å². The van der Waals surface area contributed by atoms with Crippen molar-refractivity contribution < 1.29 is 3.84 Å². The van der Waals surface area contributed by atoms with Crippen LogP contribution in [0, 0.1) is 0 Å². The van der Waals surface area contributed by atoms with Crippen LogP contribution in [-0.4, -0.2) is 0 Å². The topological polar surface area (TPSA) is 9.23 Å². The summed E-state index contributed by atoms with van der Waals surface area (Å²) >= 11 is 23.1. The van der Waals surface area contributed by atoms with E-state index in [9.17, 15) is 0 Å². The second kappa shape index (κ2) is 10.8. The Labute approximate surface area is 67.2 Å². The van der Waals surface area contributed by atoms with Gasteiger partial charge in [-0.15, -0.1) is 0 Å². The molecule has 0 bridgehead atoms. The van der Waals surface area contributed by atoms with E-state index in [1.54, 1.807) is 0 Å². The highest BCUT2D eigenvalue weighted by Gasteiger charge is 1.80. The highest BCUT2D eigenvalue weighted by atomic mass is 36.0. The van der Waals surface area contributed by atoms with Crippen molar-refractivity contribution in [1.82, 2.24) is 0 Å². The summed E-state index contributed by atoms with van der Waals surface area (Å²) in [4.78, 5) is 0. The highest BCUT2D eigenvalue weighted by molar-refractivity contribution is 8.20. The van der Waals surface area contributed by atoms with Crippen LogP contribution in [0.4, 0.5) is 0 Å². The maximum Gasteiger partial charge on any atom is 0.179 e. The maximum absolute atomic E-state index is 4.87. The Morgan fingerprint density at radius 2 is 1.00 bits per heavy atom. The quantitative estimate of drug-likeness (QED) is 0.559. The molecular weight excluding hydrogens is 224 g/mol. The van der Waals surface area contributed by atoms with E-state index in [-0.39, 0.29) is 0 Å². The van der Waals surface area contributed by atoms with Crippen molar-refractivity contribution in [2.75, 3.05) is 0 Å². The van der Waals surface area contributed by atoms with Gasteiger partial charge in [0.1, 0.15) is 0 Å². The van der Waals surface area contributed by atoms with Gasteiger partial charge in [0.05, 0.1) is 23.7 Å². The summed E-state index contributed by atoms with van der Waals surface area (Å²) in [5.74, 6) is -1.20. The summed E-state index contributed by atoms with van der Waals surface area (Å²) in [6.45, 7) is 0. The van der Waals surface area contributed by atoms with Crippen LogP contribution < -0.4 is 0 Å². The van der Waals surface area contributed by atoms with E-state index in [4.69, 9.17) is 33.7 Å². The molecule has 0 saturated heterocycles. The minimum Gasteiger partial charge on any atom is -0.166 e. The third-order valence-electron chi connectivity index (χ3n) is 0. The van der Waals surface area contributed by atoms with Crippen molar-refractivity contribution in [3.63, 3.8) is 0 Å². The lowest BCUT2D eigenvalue weighted by atomic mass is 15.9. The fourth-order valence-electron chi connectivity index (χ4n) is 0. The third-order valence-corrected chi connectivity index (χ3v) is 0. The Morgan fingerprint density at radius 1 is 1.00 bits per heavy atom. The van der Waals surface area contributed by atoms with Gasteiger partial charge in [-0.3, -0.25) is 0 Å². The van der Waals surface area contributed by atoms with Gasteiger partial charge in [0.2, 0.25) is 0 Å². The van der Waals surface area contributed by atoms with Gasteiger partial charge in [0, 0.05) is 0 Å². The molecule has 46 valence electrons. The van der Waals surface area contributed by atoms with Gasteiger partial charge < -0.3 is 0 Å². The Bertz CT molecular complexity index is 19.3. The first-order valence-corrected chi connectivity index (χ1v) is 5.49. The smallest absolute Gasteiger partial charge is 0.166 e. The molecule has 0 fully saturated rings. The molecule has 0 amide bonds. The van der Waals surface area contributed by atoms with Crippen LogP contribution in [0.2, 0.25) is 0 Å². The number of rotatable bonds is 0. The summed E-state index contributed by atoms with van der Waals surface area (Å²) in [5.41, 5.74) is 0. The van der Waals surface area contributed by atoms with Crippen LogP contribution in [0.3, 0.4) is 0 Å². The first-order chi connectivity index (χ1) is 3.15. The van der Waals surface area contributed by atoms with Crippen LogP contribution in [0.25, 0.3) is 0 Å². The van der Waals surface area contributed by atoms with E-state index in [0.29, 0.717) is 0 Å². The molecule has 1 nitrogen and oxygen atoms in total. The van der Waals surface area contributed by atoms with Gasteiger partial charge in [-0.1, -0.05) is 33.7 Å². The summed E-state index contributed by atoms with van der Waals surface area (Å²) in [6, 6.07) is 0. The fourth-order valence-corrected chi connectivity index (χ4v) is 0. The van der Waals surface area contributed by atoms with Crippen LogP contribution >= 0.6 is 63.4 Å². The first kappa shape index (κ1) is 11.6. The minimum atomic E-state index is -1.20. The average molecular weight is 224 g/mol. The first-order valence-electron chi connectivity index (χ1n) is 0.816. The molecule has 0 aromatic carbocycles. The van der Waals surface area contributed by atoms with Gasteiger partial charge in [-0.2, -0.15) is 3.84 Å². The molecule has 0 rings (SSSR count). The molecule has 0 aliphatic rings. The Balaban J connectivity index is 0. The van der Waals surface area contributed by atoms with E-state index in [2.05, 4.69) is 27.6 Å². The zero-order valence-electron chi connectivity index (χ0n) is 2.75. The van der Waals surface area contributed by atoms with Crippen molar-refractivity contribution in [3.05, 3.63) is 0 Å². The molecule has 0 aliphatic carbocycles. The SMILES string of the molecule is ClOCl.ClP(Cl)Cl. The van der Waals surface area contributed by atoms with Gasteiger partial charge in [0.15, 0.2) is 5.98 Å². The highest BCUT2D eigenvalue weighted by Crippen LogP contribution is 2.51. The Kier molecular flexibility index (Phi) is 17.8. The monoisotopic (exact) mass is 222 g/mol. The standard InChI is InChI=1S/Cl3P.Cl2O/c1-4(2)3;1-3-2. The second-order valence-corrected chi connectivity index (χ2v) is 5.70. The molecule has 7 heteroatoms. The Morgan fingerprint density at radius 3 is 1.00 bits per heavy atom. The van der Waals surface area contributed by atoms with Gasteiger partial charge in [0.25, 0.3) is 0 Å². The third kappa shape index (κ3) is 79.0. The molecule has 0 heterocycles. The molecule has 0 aliphatic heterocycles. The zero-order valence-corrected chi connectivity index (χ0v) is 7.42. The normalized spacial score (nSPS) is 7.71. The molecule has 0 atom stereocenters. The van der Waals surface area contributed by atoms with Crippen molar-refractivity contribution >= 4 is 63.4 Å². The summed E-state index contributed by atoms with van der Waals surface area (Å²) in [6.07, 6.45) is 0. The predicted octanol–water partition coefficient (Wildman–Crippen LogP) is 4.24. The maximum atomic E-state index is 4.87. The van der Waals surface area contributed by atoms with Gasteiger partial charge in [-0.05, 0) is 0 Å². The zero-order chi connectivity index (χ0) is 6.28. The van der Waals surface area contributed by atoms with Crippen molar-refractivity contribution in [1.29, 1.82) is 0 Å². The summed E-state index contributed by atoms with van der Waals surface area (Å²) in [5, 5.41) is 0. The van der Waals surface area contributed by atoms with E-state index in [0.717, 1.165) is 0 Å². The Hall–Kier alpha value is 1.84. The fraction of sp³-hybridized carbons (Fsp3) is 0. The van der Waals surface area contributed by atoms with Crippen LogP contribution in [-0.2, 0) is 3.84 Å². The van der Waals surface area contributed by atoms with E-state index >= 15 is 0 Å². The van der Waals surface area contributed by atoms with Gasteiger partial charge >= 0.3 is 0 Å². The van der Waals surface area contributed by atoms with E-state index in [1.165, 1.54) is 0 Å². The molecule has 0 saturated carbocycles.